The molecule has 1 aliphatic carbocycles. The lowest BCUT2D eigenvalue weighted by Crippen LogP contribution is -2.47. The SMILES string of the molecule is CC1(NC(=O)COc2ccc(C(C)(C)C)cc2)C=CC(NC(=O)COc2ccc(C(C)(C)C)cc2)=CC1. The fourth-order valence-corrected chi connectivity index (χ4v) is 3.87. The lowest BCUT2D eigenvalue weighted by molar-refractivity contribution is -0.124. The molecule has 37 heavy (non-hydrogen) atoms. The highest BCUT2D eigenvalue weighted by Crippen LogP contribution is 2.25. The summed E-state index contributed by atoms with van der Waals surface area (Å²) in [5.74, 6) is 0.858. The summed E-state index contributed by atoms with van der Waals surface area (Å²) >= 11 is 0. The summed E-state index contributed by atoms with van der Waals surface area (Å²) in [5, 5.41) is 5.85. The topological polar surface area (TPSA) is 76.7 Å². The normalized spacial score (nSPS) is 17.5. The van der Waals surface area contributed by atoms with E-state index in [1.54, 1.807) is 6.08 Å². The zero-order valence-electron chi connectivity index (χ0n) is 23.1. The molecule has 0 aromatic heterocycles. The summed E-state index contributed by atoms with van der Waals surface area (Å²) in [6, 6.07) is 15.6. The minimum absolute atomic E-state index is 0.0645. The van der Waals surface area contributed by atoms with Gasteiger partial charge in [0.25, 0.3) is 11.8 Å². The highest BCUT2D eigenvalue weighted by atomic mass is 16.5. The van der Waals surface area contributed by atoms with Crippen molar-refractivity contribution in [3.8, 4) is 11.5 Å². The Morgan fingerprint density at radius 3 is 1.65 bits per heavy atom. The summed E-state index contributed by atoms with van der Waals surface area (Å²) in [5.41, 5.74) is 2.66. The van der Waals surface area contributed by atoms with E-state index in [4.69, 9.17) is 9.47 Å². The van der Waals surface area contributed by atoms with Crippen molar-refractivity contribution in [3.05, 3.63) is 83.6 Å². The molecule has 2 aromatic carbocycles. The molecular weight excluding hydrogens is 464 g/mol. The Labute approximate surface area is 221 Å². The third-order valence-corrected chi connectivity index (χ3v) is 6.27. The monoisotopic (exact) mass is 504 g/mol. The summed E-state index contributed by atoms with van der Waals surface area (Å²) in [4.78, 5) is 24.8. The van der Waals surface area contributed by atoms with Crippen molar-refractivity contribution in [2.45, 2.75) is 71.3 Å². The van der Waals surface area contributed by atoms with Gasteiger partial charge in [-0.1, -0.05) is 78.0 Å². The molecule has 2 N–H and O–H groups in total. The molecule has 198 valence electrons. The summed E-state index contributed by atoms with van der Waals surface area (Å²) in [6.45, 7) is 14.7. The van der Waals surface area contributed by atoms with Crippen LogP contribution in [0, 0.1) is 0 Å². The maximum Gasteiger partial charge on any atom is 0.262 e. The quantitative estimate of drug-likeness (QED) is 0.492. The number of amides is 2. The third-order valence-electron chi connectivity index (χ3n) is 6.27. The molecule has 0 fully saturated rings. The number of carbonyl (C=O) groups is 2. The van der Waals surface area contributed by atoms with E-state index in [1.807, 2.05) is 67.6 Å². The molecule has 0 bridgehead atoms. The summed E-state index contributed by atoms with van der Waals surface area (Å²) in [7, 11) is 0. The van der Waals surface area contributed by atoms with E-state index in [-0.39, 0.29) is 35.9 Å². The minimum atomic E-state index is -0.559. The van der Waals surface area contributed by atoms with Gasteiger partial charge in [-0.25, -0.2) is 0 Å². The molecule has 2 amide bonds. The van der Waals surface area contributed by atoms with Crippen LogP contribution in [0.3, 0.4) is 0 Å². The maximum atomic E-state index is 12.5. The van der Waals surface area contributed by atoms with E-state index >= 15 is 0 Å². The van der Waals surface area contributed by atoms with E-state index in [0.29, 0.717) is 23.6 Å². The van der Waals surface area contributed by atoms with Crippen LogP contribution in [0.4, 0.5) is 0 Å². The molecule has 1 aliphatic rings. The molecule has 2 aromatic rings. The van der Waals surface area contributed by atoms with Crippen molar-refractivity contribution in [3.63, 3.8) is 0 Å². The average Bonchev–Trinajstić information content (AvgIpc) is 2.82. The van der Waals surface area contributed by atoms with Gasteiger partial charge in [-0.2, -0.15) is 0 Å². The van der Waals surface area contributed by atoms with Crippen LogP contribution < -0.4 is 20.1 Å². The Bertz CT molecular complexity index is 1150. The molecule has 0 saturated heterocycles. The van der Waals surface area contributed by atoms with E-state index < -0.39 is 5.54 Å². The Morgan fingerprint density at radius 2 is 1.24 bits per heavy atom. The number of allylic oxidation sites excluding steroid dienone is 1. The van der Waals surface area contributed by atoms with Crippen LogP contribution in [-0.4, -0.2) is 30.6 Å². The number of carbonyl (C=O) groups excluding carboxylic acids is 2. The van der Waals surface area contributed by atoms with Gasteiger partial charge in [-0.15, -0.1) is 0 Å². The molecule has 3 rings (SSSR count). The highest BCUT2D eigenvalue weighted by Gasteiger charge is 2.25. The van der Waals surface area contributed by atoms with Gasteiger partial charge in [0.2, 0.25) is 0 Å². The zero-order valence-corrected chi connectivity index (χ0v) is 23.1. The molecule has 0 heterocycles. The lowest BCUT2D eigenvalue weighted by Gasteiger charge is -2.29. The van der Waals surface area contributed by atoms with Crippen LogP contribution >= 0.6 is 0 Å². The summed E-state index contributed by atoms with van der Waals surface area (Å²) < 4.78 is 11.3. The predicted octanol–water partition coefficient (Wildman–Crippen LogP) is 5.57. The van der Waals surface area contributed by atoms with Crippen molar-refractivity contribution < 1.29 is 19.1 Å². The van der Waals surface area contributed by atoms with Crippen molar-refractivity contribution >= 4 is 11.8 Å². The van der Waals surface area contributed by atoms with E-state index in [9.17, 15) is 9.59 Å². The van der Waals surface area contributed by atoms with Crippen LogP contribution in [0.25, 0.3) is 0 Å². The van der Waals surface area contributed by atoms with E-state index in [0.717, 1.165) is 0 Å². The van der Waals surface area contributed by atoms with Gasteiger partial charge in [-0.05, 0) is 65.6 Å². The van der Waals surface area contributed by atoms with Crippen LogP contribution in [0.2, 0.25) is 0 Å². The Morgan fingerprint density at radius 1 is 0.784 bits per heavy atom. The second kappa shape index (κ2) is 11.2. The Balaban J connectivity index is 1.42. The van der Waals surface area contributed by atoms with Crippen molar-refractivity contribution in [2.75, 3.05) is 13.2 Å². The second-order valence-corrected chi connectivity index (χ2v) is 11.8. The van der Waals surface area contributed by atoms with Crippen molar-refractivity contribution in [1.29, 1.82) is 0 Å². The number of rotatable bonds is 8. The van der Waals surface area contributed by atoms with Crippen molar-refractivity contribution in [2.24, 2.45) is 0 Å². The van der Waals surface area contributed by atoms with Gasteiger partial charge >= 0.3 is 0 Å². The van der Waals surface area contributed by atoms with Gasteiger partial charge in [-0.3, -0.25) is 9.59 Å². The molecule has 0 spiro atoms. The van der Waals surface area contributed by atoms with Crippen molar-refractivity contribution in [1.82, 2.24) is 10.6 Å². The molecule has 1 unspecified atom stereocenters. The number of hydrogen-bond donors (Lipinski definition) is 2. The van der Waals surface area contributed by atoms with E-state index in [1.165, 1.54) is 11.1 Å². The fourth-order valence-electron chi connectivity index (χ4n) is 3.87. The number of ether oxygens (including phenoxy) is 2. The van der Waals surface area contributed by atoms with Crippen LogP contribution in [-0.2, 0) is 20.4 Å². The standard InChI is InChI=1S/C31H40N2O4/c1-29(2,3)22-8-12-25(13-9-22)36-20-27(34)32-24-16-18-31(7,19-17-24)33-28(35)21-37-26-14-10-23(11-15-26)30(4,5)6/h8-18H,19-21H2,1-7H3,(H,32,34)(H,33,35). The number of nitrogens with one attached hydrogen (secondary N) is 2. The van der Waals surface area contributed by atoms with Crippen LogP contribution in [0.5, 0.6) is 11.5 Å². The van der Waals surface area contributed by atoms with Gasteiger partial charge in [0, 0.05) is 5.70 Å². The first-order valence-electron chi connectivity index (χ1n) is 12.7. The predicted molar refractivity (Wildman–Crippen MR) is 148 cm³/mol. The molecule has 0 saturated carbocycles. The molecule has 0 aliphatic heterocycles. The first-order valence-corrected chi connectivity index (χ1v) is 12.7. The maximum absolute atomic E-state index is 12.5. The summed E-state index contributed by atoms with van der Waals surface area (Å²) in [6.07, 6.45) is 6.11. The first kappa shape index (κ1) is 28.0. The molecular formula is C31H40N2O4. The van der Waals surface area contributed by atoms with E-state index in [2.05, 4.69) is 52.2 Å². The third kappa shape index (κ3) is 8.52. The average molecular weight is 505 g/mol. The number of benzene rings is 2. The van der Waals surface area contributed by atoms with Gasteiger partial charge in [0.1, 0.15) is 11.5 Å². The van der Waals surface area contributed by atoms with Gasteiger partial charge in [0.05, 0.1) is 5.54 Å². The molecule has 6 heteroatoms. The number of hydrogen-bond acceptors (Lipinski definition) is 4. The zero-order chi connectivity index (χ0) is 27.3. The lowest BCUT2D eigenvalue weighted by atomic mass is 9.87. The highest BCUT2D eigenvalue weighted by molar-refractivity contribution is 5.80. The molecule has 0 radical (unpaired) electrons. The van der Waals surface area contributed by atoms with Gasteiger partial charge < -0.3 is 20.1 Å². The van der Waals surface area contributed by atoms with Crippen LogP contribution in [0.1, 0.15) is 66.0 Å². The first-order chi connectivity index (χ1) is 17.2. The molecule has 6 nitrogen and oxygen atoms in total. The van der Waals surface area contributed by atoms with Crippen LogP contribution in [0.15, 0.2) is 72.5 Å². The Hall–Kier alpha value is -3.54. The smallest absolute Gasteiger partial charge is 0.262 e. The molecule has 1 atom stereocenters. The second-order valence-electron chi connectivity index (χ2n) is 11.8. The fraction of sp³-hybridized carbons (Fsp3) is 0.419. The van der Waals surface area contributed by atoms with Gasteiger partial charge in [0.15, 0.2) is 13.2 Å². The Kier molecular flexibility index (Phi) is 8.52. The largest absolute Gasteiger partial charge is 0.484 e. The minimum Gasteiger partial charge on any atom is -0.484 e.